The molecule has 0 aromatic carbocycles. The predicted octanol–water partition coefficient (Wildman–Crippen LogP) is 2.07. The zero-order chi connectivity index (χ0) is 21.6. The summed E-state index contributed by atoms with van der Waals surface area (Å²) >= 11 is 0. The lowest BCUT2D eigenvalue weighted by Crippen LogP contribution is -2.63. The average molecular weight is 437 g/mol. The fourth-order valence-electron chi connectivity index (χ4n) is 6.17. The van der Waals surface area contributed by atoms with Crippen LogP contribution in [0.2, 0.25) is 0 Å². The first-order chi connectivity index (χ1) is 15.1. The van der Waals surface area contributed by atoms with Gasteiger partial charge in [-0.05, 0) is 76.0 Å². The molecule has 1 amide bonds. The maximum atomic E-state index is 12.8. The molecule has 2 saturated heterocycles. The zero-order valence-electron chi connectivity index (χ0n) is 19.6. The molecule has 31 heavy (non-hydrogen) atoms. The topological polar surface area (TPSA) is 74.9 Å². The zero-order valence-corrected chi connectivity index (χ0v) is 19.6. The molecule has 1 unspecified atom stereocenters. The number of carbonyl (C=O) groups is 1. The second-order valence-electron chi connectivity index (χ2n) is 10.4. The first kappa shape index (κ1) is 23.4. The van der Waals surface area contributed by atoms with Gasteiger partial charge in [0.25, 0.3) is 0 Å². The third-order valence-corrected chi connectivity index (χ3v) is 8.24. The SMILES string of the molecule is COC1CCC(C2CNC(NC3CCC(C(=O)N(C)CC4CCCO4)CC3)NC2)CC1. The van der Waals surface area contributed by atoms with Gasteiger partial charge in [0.05, 0.1) is 12.2 Å². The van der Waals surface area contributed by atoms with Crippen molar-refractivity contribution in [2.24, 2.45) is 17.8 Å². The van der Waals surface area contributed by atoms with Gasteiger partial charge >= 0.3 is 0 Å². The Morgan fingerprint density at radius 3 is 2.32 bits per heavy atom. The monoisotopic (exact) mass is 436 g/mol. The minimum atomic E-state index is 0.184. The van der Waals surface area contributed by atoms with E-state index in [1.54, 1.807) is 0 Å². The Labute approximate surface area is 188 Å². The summed E-state index contributed by atoms with van der Waals surface area (Å²) in [4.78, 5) is 14.7. The largest absolute Gasteiger partial charge is 0.381 e. The molecule has 0 aromatic rings. The molecule has 4 fully saturated rings. The number of likely N-dealkylation sites (N-methyl/N-ethyl adjacent to an activating group) is 1. The van der Waals surface area contributed by atoms with Crippen LogP contribution in [0, 0.1) is 17.8 Å². The van der Waals surface area contributed by atoms with Crippen LogP contribution >= 0.6 is 0 Å². The van der Waals surface area contributed by atoms with Crippen LogP contribution in [0.25, 0.3) is 0 Å². The number of carbonyl (C=O) groups excluding carboxylic acids is 1. The van der Waals surface area contributed by atoms with Crippen LogP contribution in [0.1, 0.15) is 64.2 Å². The summed E-state index contributed by atoms with van der Waals surface area (Å²) in [7, 11) is 3.79. The highest BCUT2D eigenvalue weighted by atomic mass is 16.5. The fraction of sp³-hybridized carbons (Fsp3) is 0.958. The highest BCUT2D eigenvalue weighted by Crippen LogP contribution is 2.32. The Hall–Kier alpha value is -0.730. The Balaban J connectivity index is 1.12. The predicted molar refractivity (Wildman–Crippen MR) is 122 cm³/mol. The summed E-state index contributed by atoms with van der Waals surface area (Å²) in [6, 6.07) is 0.492. The lowest BCUT2D eigenvalue weighted by molar-refractivity contribution is -0.136. The molecule has 2 aliphatic heterocycles. The van der Waals surface area contributed by atoms with Crippen molar-refractivity contribution in [2.75, 3.05) is 40.4 Å². The van der Waals surface area contributed by atoms with Gasteiger partial charge in [-0.1, -0.05) is 0 Å². The van der Waals surface area contributed by atoms with Crippen molar-refractivity contribution in [2.45, 2.75) is 88.7 Å². The normalized spacial score (nSPS) is 39.4. The summed E-state index contributed by atoms with van der Waals surface area (Å²) < 4.78 is 11.2. The van der Waals surface area contributed by atoms with E-state index in [9.17, 15) is 4.79 Å². The Morgan fingerprint density at radius 2 is 1.71 bits per heavy atom. The summed E-state index contributed by atoms with van der Waals surface area (Å²) in [6.07, 6.45) is 12.3. The summed E-state index contributed by atoms with van der Waals surface area (Å²) in [5, 5.41) is 11.1. The molecule has 1 atom stereocenters. The van der Waals surface area contributed by atoms with E-state index in [1.807, 2.05) is 19.1 Å². The lowest BCUT2D eigenvalue weighted by Gasteiger charge is -2.40. The van der Waals surface area contributed by atoms with Crippen LogP contribution in [0.5, 0.6) is 0 Å². The number of hydrogen-bond acceptors (Lipinski definition) is 6. The van der Waals surface area contributed by atoms with Gasteiger partial charge < -0.3 is 14.4 Å². The third-order valence-electron chi connectivity index (χ3n) is 8.24. The van der Waals surface area contributed by atoms with Gasteiger partial charge in [0.1, 0.15) is 6.29 Å². The van der Waals surface area contributed by atoms with E-state index in [1.165, 1.54) is 25.7 Å². The quantitative estimate of drug-likeness (QED) is 0.567. The maximum Gasteiger partial charge on any atom is 0.225 e. The molecule has 2 saturated carbocycles. The van der Waals surface area contributed by atoms with E-state index in [4.69, 9.17) is 9.47 Å². The second kappa shape index (κ2) is 11.4. The van der Waals surface area contributed by atoms with Crippen molar-refractivity contribution >= 4 is 5.91 Å². The van der Waals surface area contributed by atoms with Crippen LogP contribution in [0.4, 0.5) is 0 Å². The Bertz CT molecular complexity index is 547. The van der Waals surface area contributed by atoms with E-state index < -0.39 is 0 Å². The summed E-state index contributed by atoms with van der Waals surface area (Å²) in [5.74, 6) is 2.04. The Kier molecular flexibility index (Phi) is 8.63. The molecule has 2 aliphatic carbocycles. The minimum Gasteiger partial charge on any atom is -0.381 e. The number of nitrogens with zero attached hydrogens (tertiary/aromatic N) is 1. The van der Waals surface area contributed by atoms with Crippen LogP contribution in [-0.2, 0) is 14.3 Å². The molecule has 3 N–H and O–H groups in total. The van der Waals surface area contributed by atoms with E-state index in [2.05, 4.69) is 16.0 Å². The third kappa shape index (κ3) is 6.41. The van der Waals surface area contributed by atoms with E-state index in [-0.39, 0.29) is 18.3 Å². The molecule has 4 aliphatic rings. The minimum absolute atomic E-state index is 0.184. The molecule has 0 aromatic heterocycles. The number of hydrogen-bond donors (Lipinski definition) is 3. The van der Waals surface area contributed by atoms with Gasteiger partial charge in [-0.3, -0.25) is 20.7 Å². The van der Waals surface area contributed by atoms with Crippen LogP contribution in [0.15, 0.2) is 0 Å². The standard InChI is InChI=1S/C24H44N4O3/c1-28(16-22-4-3-13-31-22)23(29)18-5-9-20(10-6-18)27-24-25-14-19(15-26-24)17-7-11-21(30-2)12-8-17/h17-22,24-27H,3-16H2,1-2H3. The van der Waals surface area contributed by atoms with Gasteiger partial charge in [0.2, 0.25) is 5.91 Å². The number of rotatable bonds is 7. The molecule has 7 nitrogen and oxygen atoms in total. The number of ether oxygens (including phenoxy) is 2. The molecule has 0 radical (unpaired) electrons. The van der Waals surface area contributed by atoms with Crippen molar-refractivity contribution in [1.29, 1.82) is 0 Å². The smallest absolute Gasteiger partial charge is 0.225 e. The number of nitrogens with one attached hydrogen (secondary N) is 3. The summed E-state index contributed by atoms with van der Waals surface area (Å²) in [5.41, 5.74) is 0. The van der Waals surface area contributed by atoms with Crippen molar-refractivity contribution in [3.63, 3.8) is 0 Å². The van der Waals surface area contributed by atoms with Crippen LogP contribution in [-0.4, -0.2) is 75.7 Å². The van der Waals surface area contributed by atoms with Gasteiger partial charge in [-0.15, -0.1) is 0 Å². The Morgan fingerprint density at radius 1 is 1.00 bits per heavy atom. The average Bonchev–Trinajstić information content (AvgIpc) is 3.33. The van der Waals surface area contributed by atoms with Crippen LogP contribution in [0.3, 0.4) is 0 Å². The highest BCUT2D eigenvalue weighted by molar-refractivity contribution is 5.78. The van der Waals surface area contributed by atoms with Crippen molar-refractivity contribution in [1.82, 2.24) is 20.9 Å². The number of amides is 1. The molecule has 0 bridgehead atoms. The first-order valence-corrected chi connectivity index (χ1v) is 12.7. The lowest BCUT2D eigenvalue weighted by atomic mass is 9.78. The molecule has 2 heterocycles. The van der Waals surface area contributed by atoms with Gasteiger partial charge in [0, 0.05) is 52.4 Å². The van der Waals surface area contributed by atoms with E-state index in [0.717, 1.165) is 76.6 Å². The van der Waals surface area contributed by atoms with Gasteiger partial charge in [-0.2, -0.15) is 0 Å². The summed E-state index contributed by atoms with van der Waals surface area (Å²) in [6.45, 7) is 3.79. The van der Waals surface area contributed by atoms with Crippen molar-refractivity contribution in [3.05, 3.63) is 0 Å². The van der Waals surface area contributed by atoms with Crippen molar-refractivity contribution < 1.29 is 14.3 Å². The first-order valence-electron chi connectivity index (χ1n) is 12.7. The molecule has 7 heteroatoms. The van der Waals surface area contributed by atoms with Gasteiger partial charge in [-0.25, -0.2) is 0 Å². The van der Waals surface area contributed by atoms with E-state index >= 15 is 0 Å². The van der Waals surface area contributed by atoms with Crippen molar-refractivity contribution in [3.8, 4) is 0 Å². The molecular formula is C24H44N4O3. The number of methoxy groups -OCH3 is 1. The molecule has 178 valence electrons. The fourth-order valence-corrected chi connectivity index (χ4v) is 6.17. The van der Waals surface area contributed by atoms with E-state index in [0.29, 0.717) is 18.1 Å². The maximum absolute atomic E-state index is 12.8. The highest BCUT2D eigenvalue weighted by Gasteiger charge is 2.33. The second-order valence-corrected chi connectivity index (χ2v) is 10.4. The molecular weight excluding hydrogens is 392 g/mol. The van der Waals surface area contributed by atoms with Crippen LogP contribution < -0.4 is 16.0 Å². The molecule has 4 rings (SSSR count). The van der Waals surface area contributed by atoms with Gasteiger partial charge in [0.15, 0.2) is 0 Å². The molecule has 0 spiro atoms.